The average molecular weight is 392 g/mol. The zero-order chi connectivity index (χ0) is 19.6. The molecule has 0 unspecified atom stereocenters. The molecule has 0 saturated carbocycles. The van der Waals surface area contributed by atoms with Gasteiger partial charge in [-0.3, -0.25) is 4.79 Å². The molecule has 7 heteroatoms. The third kappa shape index (κ3) is 4.97. The minimum Gasteiger partial charge on any atom is -0.444 e. The van der Waals surface area contributed by atoms with Gasteiger partial charge in [-0.05, 0) is 57.7 Å². The number of piperidine rings is 1. The molecule has 1 aromatic heterocycles. The number of likely N-dealkylation sites (tertiary alicyclic amines) is 1. The van der Waals surface area contributed by atoms with Crippen molar-refractivity contribution in [2.45, 2.75) is 39.2 Å². The first-order valence-corrected chi connectivity index (χ1v) is 9.99. The normalized spacial score (nSPS) is 15.8. The van der Waals surface area contributed by atoms with E-state index in [1.54, 1.807) is 12.1 Å². The standard InChI is InChI=1S/C20H25FN2O3S/c1-20(2,3)26-19(25)22-12-13-7-9-23(10-8-13)18(24)17-11-14-15(21)5-4-6-16(14)27-17/h4-6,11,13H,7-10,12H2,1-3H3,(H,22,25). The van der Waals surface area contributed by atoms with Crippen LogP contribution in [0.5, 0.6) is 0 Å². The number of nitrogens with one attached hydrogen (secondary N) is 1. The van der Waals surface area contributed by atoms with Gasteiger partial charge in [-0.15, -0.1) is 11.3 Å². The number of hydrogen-bond acceptors (Lipinski definition) is 4. The van der Waals surface area contributed by atoms with E-state index in [4.69, 9.17) is 4.74 Å². The van der Waals surface area contributed by atoms with Gasteiger partial charge < -0.3 is 15.0 Å². The Hall–Kier alpha value is -2.15. The highest BCUT2D eigenvalue weighted by molar-refractivity contribution is 7.20. The highest BCUT2D eigenvalue weighted by Crippen LogP contribution is 2.29. The van der Waals surface area contributed by atoms with Gasteiger partial charge in [-0.25, -0.2) is 9.18 Å². The van der Waals surface area contributed by atoms with Crippen molar-refractivity contribution in [3.63, 3.8) is 0 Å². The van der Waals surface area contributed by atoms with Crippen LogP contribution in [0.4, 0.5) is 9.18 Å². The zero-order valence-corrected chi connectivity index (χ0v) is 16.7. The number of nitrogens with zero attached hydrogens (tertiary/aromatic N) is 1. The van der Waals surface area contributed by atoms with E-state index in [1.165, 1.54) is 17.4 Å². The van der Waals surface area contributed by atoms with Crippen LogP contribution in [-0.2, 0) is 4.74 Å². The minimum atomic E-state index is -0.510. The smallest absolute Gasteiger partial charge is 0.407 e. The number of carbonyl (C=O) groups is 2. The summed E-state index contributed by atoms with van der Waals surface area (Å²) in [4.78, 5) is 26.9. The Bertz CT molecular complexity index is 835. The van der Waals surface area contributed by atoms with Crippen molar-refractivity contribution in [1.29, 1.82) is 0 Å². The average Bonchev–Trinajstić information content (AvgIpc) is 3.04. The Morgan fingerprint density at radius 3 is 2.63 bits per heavy atom. The van der Waals surface area contributed by atoms with Gasteiger partial charge in [0.1, 0.15) is 11.4 Å². The second-order valence-corrected chi connectivity index (χ2v) is 8.96. The van der Waals surface area contributed by atoms with Crippen LogP contribution in [0.2, 0.25) is 0 Å². The monoisotopic (exact) mass is 392 g/mol. The molecule has 1 aliphatic rings. The van der Waals surface area contributed by atoms with E-state index in [2.05, 4.69) is 5.32 Å². The predicted molar refractivity (Wildman–Crippen MR) is 105 cm³/mol. The first-order valence-electron chi connectivity index (χ1n) is 9.17. The summed E-state index contributed by atoms with van der Waals surface area (Å²) in [7, 11) is 0. The van der Waals surface area contributed by atoms with E-state index >= 15 is 0 Å². The number of halogens is 1. The number of ether oxygens (including phenoxy) is 1. The van der Waals surface area contributed by atoms with Crippen molar-refractivity contribution in [3.05, 3.63) is 35.0 Å². The number of hydrogen-bond donors (Lipinski definition) is 1. The fraction of sp³-hybridized carbons (Fsp3) is 0.500. The van der Waals surface area contributed by atoms with Gasteiger partial charge in [0.05, 0.1) is 4.88 Å². The third-order valence-electron chi connectivity index (χ3n) is 4.55. The fourth-order valence-electron chi connectivity index (χ4n) is 3.17. The van der Waals surface area contributed by atoms with E-state index in [-0.39, 0.29) is 11.7 Å². The number of thiophene rings is 1. The van der Waals surface area contributed by atoms with Crippen molar-refractivity contribution in [1.82, 2.24) is 10.2 Å². The molecule has 0 aliphatic carbocycles. The molecule has 27 heavy (non-hydrogen) atoms. The zero-order valence-electron chi connectivity index (χ0n) is 15.9. The van der Waals surface area contributed by atoms with E-state index in [9.17, 15) is 14.0 Å². The van der Waals surface area contributed by atoms with Crippen LogP contribution in [-0.4, -0.2) is 42.1 Å². The Morgan fingerprint density at radius 1 is 1.30 bits per heavy atom. The number of rotatable bonds is 3. The van der Waals surface area contributed by atoms with Crippen LogP contribution >= 0.6 is 11.3 Å². The maximum absolute atomic E-state index is 13.8. The summed E-state index contributed by atoms with van der Waals surface area (Å²) in [6.07, 6.45) is 1.23. The van der Waals surface area contributed by atoms with Crippen molar-refractivity contribution in [3.8, 4) is 0 Å². The molecule has 0 atom stereocenters. The lowest BCUT2D eigenvalue weighted by Crippen LogP contribution is -2.42. The molecule has 1 aliphatic heterocycles. The quantitative estimate of drug-likeness (QED) is 0.841. The topological polar surface area (TPSA) is 58.6 Å². The van der Waals surface area contributed by atoms with Gasteiger partial charge in [-0.1, -0.05) is 6.07 Å². The van der Waals surface area contributed by atoms with Crippen LogP contribution in [0.1, 0.15) is 43.3 Å². The molecule has 5 nitrogen and oxygen atoms in total. The molecule has 146 valence electrons. The molecule has 0 bridgehead atoms. The van der Waals surface area contributed by atoms with Crippen LogP contribution in [0.25, 0.3) is 10.1 Å². The largest absolute Gasteiger partial charge is 0.444 e. The molecule has 1 saturated heterocycles. The molecule has 2 amide bonds. The Balaban J connectivity index is 1.52. The summed E-state index contributed by atoms with van der Waals surface area (Å²) in [5.74, 6) is -0.0229. The van der Waals surface area contributed by atoms with Crippen LogP contribution in [0.3, 0.4) is 0 Å². The maximum Gasteiger partial charge on any atom is 0.407 e. The molecule has 0 spiro atoms. The van der Waals surface area contributed by atoms with Gasteiger partial charge in [-0.2, -0.15) is 0 Å². The molecular weight excluding hydrogens is 367 g/mol. The first-order chi connectivity index (χ1) is 12.7. The molecule has 0 radical (unpaired) electrons. The third-order valence-corrected chi connectivity index (χ3v) is 5.64. The first kappa shape index (κ1) is 19.6. The number of carbonyl (C=O) groups excluding carboxylic acids is 2. The minimum absolute atomic E-state index is 0.0471. The van der Waals surface area contributed by atoms with Crippen molar-refractivity contribution < 1.29 is 18.7 Å². The highest BCUT2D eigenvalue weighted by atomic mass is 32.1. The van der Waals surface area contributed by atoms with Gasteiger partial charge in [0, 0.05) is 29.7 Å². The second-order valence-electron chi connectivity index (χ2n) is 7.88. The van der Waals surface area contributed by atoms with Gasteiger partial charge in [0.25, 0.3) is 5.91 Å². The van der Waals surface area contributed by atoms with Crippen LogP contribution < -0.4 is 5.32 Å². The highest BCUT2D eigenvalue weighted by Gasteiger charge is 2.26. The number of benzene rings is 1. The maximum atomic E-state index is 13.8. The summed E-state index contributed by atoms with van der Waals surface area (Å²) < 4.78 is 19.9. The molecule has 1 aromatic carbocycles. The Labute approximate surface area is 162 Å². The number of alkyl carbamates (subject to hydrolysis) is 1. The van der Waals surface area contributed by atoms with E-state index in [1.807, 2.05) is 31.7 Å². The summed E-state index contributed by atoms with van der Waals surface area (Å²) in [6, 6.07) is 6.54. The summed E-state index contributed by atoms with van der Waals surface area (Å²) in [5.41, 5.74) is -0.510. The van der Waals surface area contributed by atoms with Crippen LogP contribution in [0.15, 0.2) is 24.3 Å². The molecule has 2 heterocycles. The van der Waals surface area contributed by atoms with E-state index in [0.29, 0.717) is 35.8 Å². The van der Waals surface area contributed by atoms with Crippen molar-refractivity contribution in [2.75, 3.05) is 19.6 Å². The molecule has 3 rings (SSSR count). The second kappa shape index (κ2) is 7.84. The summed E-state index contributed by atoms with van der Waals surface area (Å²) >= 11 is 1.33. The van der Waals surface area contributed by atoms with E-state index in [0.717, 1.165) is 17.5 Å². The van der Waals surface area contributed by atoms with Crippen molar-refractivity contribution >= 4 is 33.4 Å². The number of fused-ring (bicyclic) bond motifs is 1. The number of amides is 2. The lowest BCUT2D eigenvalue weighted by Gasteiger charge is -2.32. The van der Waals surface area contributed by atoms with Gasteiger partial charge in [0.2, 0.25) is 0 Å². The van der Waals surface area contributed by atoms with Crippen molar-refractivity contribution in [2.24, 2.45) is 5.92 Å². The fourth-order valence-corrected chi connectivity index (χ4v) is 4.21. The SMILES string of the molecule is CC(C)(C)OC(=O)NCC1CCN(C(=O)c2cc3c(F)cccc3s2)CC1. The molecular formula is C20H25FN2O3S. The van der Waals surface area contributed by atoms with Gasteiger partial charge in [0.15, 0.2) is 0 Å². The lowest BCUT2D eigenvalue weighted by atomic mass is 9.96. The molecule has 1 N–H and O–H groups in total. The van der Waals surface area contributed by atoms with E-state index < -0.39 is 11.7 Å². The van der Waals surface area contributed by atoms with Crippen LogP contribution in [0, 0.1) is 11.7 Å². The lowest BCUT2D eigenvalue weighted by molar-refractivity contribution is 0.0500. The predicted octanol–water partition coefficient (Wildman–Crippen LogP) is 4.42. The Kier molecular flexibility index (Phi) is 5.69. The Morgan fingerprint density at radius 2 is 2.00 bits per heavy atom. The molecule has 1 fully saturated rings. The summed E-state index contributed by atoms with van der Waals surface area (Å²) in [6.45, 7) is 7.31. The molecule has 2 aromatic rings. The van der Waals surface area contributed by atoms with Gasteiger partial charge >= 0.3 is 6.09 Å². The summed E-state index contributed by atoms with van der Waals surface area (Å²) in [5, 5.41) is 3.31.